The topological polar surface area (TPSA) is 55.1 Å². The number of rotatable bonds is 4. The average Bonchev–Trinajstić information content (AvgIpc) is 3.15. The number of aromatic nitrogens is 2. The number of fused-ring (bicyclic) bond motifs is 1. The number of para-hydroxylation sites is 1. The SMILES string of the molecule is O=c1c2c(nc(-c3ccccc3O)n1CCc1ccsc1)CCCC2. The molecule has 0 atom stereocenters. The Balaban J connectivity index is 1.84. The molecular formula is C20H20N2O2S. The molecule has 0 bridgehead atoms. The molecule has 0 saturated heterocycles. The van der Waals surface area contributed by atoms with Gasteiger partial charge in [-0.05, 0) is 66.6 Å². The van der Waals surface area contributed by atoms with Crippen molar-refractivity contribution < 1.29 is 5.11 Å². The molecule has 0 spiro atoms. The van der Waals surface area contributed by atoms with Gasteiger partial charge in [0.2, 0.25) is 0 Å². The van der Waals surface area contributed by atoms with Gasteiger partial charge in [0.1, 0.15) is 11.6 Å². The molecule has 0 aliphatic heterocycles. The number of phenolic OH excluding ortho intramolecular Hbond substituents is 1. The van der Waals surface area contributed by atoms with Crippen LogP contribution in [0.3, 0.4) is 0 Å². The van der Waals surface area contributed by atoms with Crippen molar-refractivity contribution in [2.45, 2.75) is 38.6 Å². The number of aromatic hydroxyl groups is 1. The van der Waals surface area contributed by atoms with E-state index in [4.69, 9.17) is 4.98 Å². The lowest BCUT2D eigenvalue weighted by atomic mass is 9.96. The zero-order valence-corrected chi connectivity index (χ0v) is 14.8. The van der Waals surface area contributed by atoms with Crippen molar-refractivity contribution in [1.29, 1.82) is 0 Å². The molecule has 0 fully saturated rings. The zero-order chi connectivity index (χ0) is 17.2. The Morgan fingerprint density at radius 2 is 2.00 bits per heavy atom. The van der Waals surface area contributed by atoms with E-state index in [1.165, 1.54) is 5.56 Å². The van der Waals surface area contributed by atoms with Crippen LogP contribution in [0, 0.1) is 0 Å². The molecule has 5 heteroatoms. The minimum absolute atomic E-state index is 0.0539. The first-order chi connectivity index (χ1) is 12.2. The third-order valence-electron chi connectivity index (χ3n) is 4.79. The van der Waals surface area contributed by atoms with Crippen LogP contribution in [-0.2, 0) is 25.8 Å². The lowest BCUT2D eigenvalue weighted by molar-refractivity contribution is 0.475. The van der Waals surface area contributed by atoms with Gasteiger partial charge in [0.25, 0.3) is 5.56 Å². The predicted molar refractivity (Wildman–Crippen MR) is 100 cm³/mol. The fourth-order valence-corrected chi connectivity index (χ4v) is 4.15. The number of phenols is 1. The summed E-state index contributed by atoms with van der Waals surface area (Å²) in [7, 11) is 0. The number of benzene rings is 1. The van der Waals surface area contributed by atoms with E-state index in [-0.39, 0.29) is 11.3 Å². The third-order valence-corrected chi connectivity index (χ3v) is 5.52. The van der Waals surface area contributed by atoms with E-state index in [0.29, 0.717) is 17.9 Å². The van der Waals surface area contributed by atoms with Gasteiger partial charge in [-0.15, -0.1) is 0 Å². The van der Waals surface area contributed by atoms with Gasteiger partial charge < -0.3 is 5.11 Å². The standard InChI is InChI=1S/C20H20N2O2S/c23-18-8-4-2-6-16(18)19-21-17-7-3-1-5-15(17)20(24)22(19)11-9-14-10-12-25-13-14/h2,4,6,8,10,12-13,23H,1,3,5,7,9,11H2. The van der Waals surface area contributed by atoms with Crippen molar-refractivity contribution in [3.8, 4) is 17.1 Å². The Bertz CT molecular complexity index is 945. The van der Waals surface area contributed by atoms with E-state index >= 15 is 0 Å². The smallest absolute Gasteiger partial charge is 0.257 e. The summed E-state index contributed by atoms with van der Waals surface area (Å²) in [5.41, 5.74) is 3.66. The van der Waals surface area contributed by atoms with Crippen molar-refractivity contribution in [3.05, 3.63) is 68.3 Å². The predicted octanol–water partition coefficient (Wildman–Crippen LogP) is 3.80. The number of aryl methyl sites for hydroxylation is 2. The molecule has 3 aromatic rings. The minimum Gasteiger partial charge on any atom is -0.507 e. The monoisotopic (exact) mass is 352 g/mol. The minimum atomic E-state index is 0.0539. The Morgan fingerprint density at radius 3 is 2.80 bits per heavy atom. The molecule has 2 aromatic heterocycles. The van der Waals surface area contributed by atoms with Gasteiger partial charge in [-0.25, -0.2) is 4.98 Å². The lowest BCUT2D eigenvalue weighted by Crippen LogP contribution is -2.30. The van der Waals surface area contributed by atoms with Crippen molar-refractivity contribution in [1.82, 2.24) is 9.55 Å². The first kappa shape index (κ1) is 16.1. The maximum absolute atomic E-state index is 13.1. The Morgan fingerprint density at radius 1 is 1.16 bits per heavy atom. The van der Waals surface area contributed by atoms with Gasteiger partial charge in [0.15, 0.2) is 0 Å². The second-order valence-corrected chi connectivity index (χ2v) is 7.20. The van der Waals surface area contributed by atoms with Gasteiger partial charge in [0.05, 0.1) is 11.3 Å². The molecule has 4 nitrogen and oxygen atoms in total. The Hall–Kier alpha value is -2.40. The Kier molecular flexibility index (Phi) is 4.40. The fraction of sp³-hybridized carbons (Fsp3) is 0.300. The van der Waals surface area contributed by atoms with Gasteiger partial charge in [0, 0.05) is 12.1 Å². The van der Waals surface area contributed by atoms with Crippen molar-refractivity contribution in [2.24, 2.45) is 0 Å². The van der Waals surface area contributed by atoms with Gasteiger partial charge in [-0.3, -0.25) is 9.36 Å². The second kappa shape index (κ2) is 6.84. The molecular weight excluding hydrogens is 332 g/mol. The summed E-state index contributed by atoms with van der Waals surface area (Å²) in [5.74, 6) is 0.744. The highest BCUT2D eigenvalue weighted by atomic mass is 32.1. The van der Waals surface area contributed by atoms with Crippen LogP contribution in [0.5, 0.6) is 5.75 Å². The summed E-state index contributed by atoms with van der Waals surface area (Å²) < 4.78 is 1.75. The summed E-state index contributed by atoms with van der Waals surface area (Å²) in [6.45, 7) is 0.569. The van der Waals surface area contributed by atoms with E-state index in [9.17, 15) is 9.90 Å². The summed E-state index contributed by atoms with van der Waals surface area (Å²) >= 11 is 1.66. The highest BCUT2D eigenvalue weighted by Crippen LogP contribution is 2.28. The largest absolute Gasteiger partial charge is 0.507 e. The first-order valence-electron chi connectivity index (χ1n) is 8.66. The third kappa shape index (κ3) is 3.12. The molecule has 2 heterocycles. The zero-order valence-electron chi connectivity index (χ0n) is 13.9. The number of hydrogen-bond donors (Lipinski definition) is 1. The molecule has 0 amide bonds. The number of nitrogens with zero attached hydrogens (tertiary/aromatic N) is 2. The van der Waals surface area contributed by atoms with E-state index in [1.807, 2.05) is 17.5 Å². The maximum Gasteiger partial charge on any atom is 0.257 e. The number of hydrogen-bond acceptors (Lipinski definition) is 4. The van der Waals surface area contributed by atoms with Crippen molar-refractivity contribution in [3.63, 3.8) is 0 Å². The summed E-state index contributed by atoms with van der Waals surface area (Å²) in [6.07, 6.45) is 4.55. The maximum atomic E-state index is 13.1. The number of thiophene rings is 1. The molecule has 1 N–H and O–H groups in total. The van der Waals surface area contributed by atoms with Gasteiger partial charge in [-0.2, -0.15) is 11.3 Å². The van der Waals surface area contributed by atoms with Gasteiger partial charge >= 0.3 is 0 Å². The van der Waals surface area contributed by atoms with Crippen LogP contribution in [0.25, 0.3) is 11.4 Å². The highest BCUT2D eigenvalue weighted by Gasteiger charge is 2.21. The highest BCUT2D eigenvalue weighted by molar-refractivity contribution is 7.07. The molecule has 0 saturated carbocycles. The molecule has 25 heavy (non-hydrogen) atoms. The normalized spacial score (nSPS) is 13.6. The van der Waals surface area contributed by atoms with Crippen LogP contribution >= 0.6 is 11.3 Å². The summed E-state index contributed by atoms with van der Waals surface area (Å²) in [5, 5.41) is 14.4. The fourth-order valence-electron chi connectivity index (χ4n) is 3.44. The second-order valence-electron chi connectivity index (χ2n) is 6.42. The molecule has 1 aliphatic carbocycles. The van der Waals surface area contributed by atoms with Crippen LogP contribution in [0.4, 0.5) is 0 Å². The summed E-state index contributed by atoms with van der Waals surface area (Å²) in [6, 6.07) is 9.20. The van der Waals surface area contributed by atoms with E-state index in [1.54, 1.807) is 28.0 Å². The van der Waals surface area contributed by atoms with Crippen molar-refractivity contribution in [2.75, 3.05) is 0 Å². The van der Waals surface area contributed by atoms with Crippen LogP contribution in [0.1, 0.15) is 29.7 Å². The van der Waals surface area contributed by atoms with Crippen LogP contribution in [0.2, 0.25) is 0 Å². The molecule has 128 valence electrons. The Labute approximate surface area is 150 Å². The molecule has 1 aromatic carbocycles. The van der Waals surface area contributed by atoms with Crippen LogP contribution in [-0.4, -0.2) is 14.7 Å². The van der Waals surface area contributed by atoms with Crippen molar-refractivity contribution >= 4 is 11.3 Å². The van der Waals surface area contributed by atoms with E-state index in [2.05, 4.69) is 11.4 Å². The van der Waals surface area contributed by atoms with Crippen LogP contribution in [0.15, 0.2) is 45.9 Å². The van der Waals surface area contributed by atoms with Crippen LogP contribution < -0.4 is 5.56 Å². The average molecular weight is 352 g/mol. The van der Waals surface area contributed by atoms with E-state index in [0.717, 1.165) is 43.4 Å². The molecule has 1 aliphatic rings. The lowest BCUT2D eigenvalue weighted by Gasteiger charge is -2.20. The quantitative estimate of drug-likeness (QED) is 0.777. The first-order valence-corrected chi connectivity index (χ1v) is 9.60. The van der Waals surface area contributed by atoms with Gasteiger partial charge in [-0.1, -0.05) is 12.1 Å². The molecule has 0 radical (unpaired) electrons. The summed E-state index contributed by atoms with van der Waals surface area (Å²) in [4.78, 5) is 17.9. The van der Waals surface area contributed by atoms with E-state index < -0.39 is 0 Å². The molecule has 4 rings (SSSR count). The molecule has 0 unspecified atom stereocenters.